The van der Waals surface area contributed by atoms with Gasteiger partial charge in [0.1, 0.15) is 0 Å². The first-order chi connectivity index (χ1) is 9.19. The average Bonchev–Trinajstić information content (AvgIpc) is 2.82. The molecule has 0 spiro atoms. The molecule has 0 saturated heterocycles. The van der Waals surface area contributed by atoms with Crippen molar-refractivity contribution in [1.82, 2.24) is 10.3 Å². The van der Waals surface area contributed by atoms with Gasteiger partial charge in [-0.3, -0.25) is 0 Å². The van der Waals surface area contributed by atoms with Crippen molar-refractivity contribution >= 4 is 31.9 Å². The van der Waals surface area contributed by atoms with Crippen molar-refractivity contribution in [2.75, 3.05) is 13.1 Å². The van der Waals surface area contributed by atoms with E-state index in [2.05, 4.69) is 49.1 Å². The summed E-state index contributed by atoms with van der Waals surface area (Å²) in [6, 6.07) is 6.04. The summed E-state index contributed by atoms with van der Waals surface area (Å²) in [5.74, 6) is 1.60. The second-order valence-electron chi connectivity index (χ2n) is 4.23. The summed E-state index contributed by atoms with van der Waals surface area (Å²) < 4.78 is 7.81. The van der Waals surface area contributed by atoms with E-state index in [1.54, 1.807) is 6.20 Å². The predicted octanol–water partition coefficient (Wildman–Crippen LogP) is 4.41. The van der Waals surface area contributed by atoms with Crippen molar-refractivity contribution in [3.8, 4) is 11.3 Å². The van der Waals surface area contributed by atoms with Crippen molar-refractivity contribution in [1.29, 1.82) is 0 Å². The van der Waals surface area contributed by atoms with Gasteiger partial charge in [-0.25, -0.2) is 4.98 Å². The first kappa shape index (κ1) is 14.8. The van der Waals surface area contributed by atoms with E-state index in [0.717, 1.165) is 52.1 Å². The van der Waals surface area contributed by atoms with Crippen LogP contribution >= 0.6 is 31.9 Å². The molecule has 1 aromatic carbocycles. The molecule has 0 atom stereocenters. The number of benzene rings is 1. The van der Waals surface area contributed by atoms with E-state index in [9.17, 15) is 0 Å². The van der Waals surface area contributed by atoms with Gasteiger partial charge < -0.3 is 9.73 Å². The van der Waals surface area contributed by atoms with Gasteiger partial charge in [0.15, 0.2) is 11.7 Å². The molecule has 1 aromatic heterocycles. The Morgan fingerprint density at radius 3 is 2.63 bits per heavy atom. The third-order valence-electron chi connectivity index (χ3n) is 2.69. The smallest absolute Gasteiger partial charge is 0.194 e. The van der Waals surface area contributed by atoms with Gasteiger partial charge in [-0.1, -0.05) is 38.8 Å². The third-order valence-corrected chi connectivity index (χ3v) is 3.61. The number of aromatic nitrogens is 1. The molecule has 0 unspecified atom stereocenters. The van der Waals surface area contributed by atoms with Crippen LogP contribution in [0.5, 0.6) is 0 Å². The number of nitrogens with one attached hydrogen (secondary N) is 1. The van der Waals surface area contributed by atoms with Crippen LogP contribution in [0, 0.1) is 0 Å². The lowest BCUT2D eigenvalue weighted by Crippen LogP contribution is -2.14. The summed E-state index contributed by atoms with van der Waals surface area (Å²) in [4.78, 5) is 4.32. The van der Waals surface area contributed by atoms with E-state index >= 15 is 0 Å². The maximum absolute atomic E-state index is 5.78. The van der Waals surface area contributed by atoms with Gasteiger partial charge >= 0.3 is 0 Å². The Balaban J connectivity index is 2.03. The summed E-state index contributed by atoms with van der Waals surface area (Å²) in [6.07, 6.45) is 3.69. The van der Waals surface area contributed by atoms with Gasteiger partial charge in [-0.2, -0.15) is 0 Å². The van der Waals surface area contributed by atoms with E-state index in [1.807, 2.05) is 18.2 Å². The maximum atomic E-state index is 5.78. The third kappa shape index (κ3) is 4.44. The van der Waals surface area contributed by atoms with Crippen LogP contribution in [0.3, 0.4) is 0 Å². The number of aryl methyl sites for hydroxylation is 1. The second kappa shape index (κ2) is 7.22. The molecular formula is C14H16Br2N2O. The molecule has 0 bridgehead atoms. The highest BCUT2D eigenvalue weighted by Crippen LogP contribution is 2.28. The van der Waals surface area contributed by atoms with Crippen LogP contribution in [0.2, 0.25) is 0 Å². The van der Waals surface area contributed by atoms with Gasteiger partial charge in [-0.05, 0) is 37.7 Å². The maximum Gasteiger partial charge on any atom is 0.194 e. The number of oxazole rings is 1. The molecule has 0 fully saturated rings. The molecule has 0 radical (unpaired) electrons. The highest BCUT2D eigenvalue weighted by molar-refractivity contribution is 9.11. The van der Waals surface area contributed by atoms with E-state index in [0.29, 0.717) is 0 Å². The van der Waals surface area contributed by atoms with Crippen LogP contribution in [0.1, 0.15) is 19.2 Å². The fraction of sp³-hybridized carbons (Fsp3) is 0.357. The summed E-state index contributed by atoms with van der Waals surface area (Å²) in [7, 11) is 0. The zero-order valence-corrected chi connectivity index (χ0v) is 13.9. The fourth-order valence-corrected chi connectivity index (χ4v) is 3.09. The first-order valence-electron chi connectivity index (χ1n) is 6.31. The van der Waals surface area contributed by atoms with E-state index < -0.39 is 0 Å². The zero-order valence-electron chi connectivity index (χ0n) is 10.7. The number of hydrogen-bond donors (Lipinski definition) is 1. The van der Waals surface area contributed by atoms with Crippen LogP contribution in [-0.2, 0) is 6.42 Å². The van der Waals surface area contributed by atoms with Crippen molar-refractivity contribution in [2.24, 2.45) is 0 Å². The fourth-order valence-electron chi connectivity index (χ4n) is 1.80. The summed E-state index contributed by atoms with van der Waals surface area (Å²) in [5.41, 5.74) is 1.02. The lowest BCUT2D eigenvalue weighted by Gasteiger charge is -2.00. The van der Waals surface area contributed by atoms with Gasteiger partial charge in [0.05, 0.1) is 6.20 Å². The molecule has 0 aliphatic heterocycles. The van der Waals surface area contributed by atoms with Gasteiger partial charge in [0.25, 0.3) is 0 Å². The number of nitrogens with zero attached hydrogens (tertiary/aromatic N) is 1. The lowest BCUT2D eigenvalue weighted by atomic mass is 10.2. The summed E-state index contributed by atoms with van der Waals surface area (Å²) in [5, 5.41) is 3.29. The van der Waals surface area contributed by atoms with Crippen LogP contribution in [0.25, 0.3) is 11.3 Å². The van der Waals surface area contributed by atoms with Crippen molar-refractivity contribution in [2.45, 2.75) is 19.8 Å². The minimum atomic E-state index is 0.795. The van der Waals surface area contributed by atoms with Crippen molar-refractivity contribution in [3.05, 3.63) is 39.2 Å². The highest BCUT2D eigenvalue weighted by Gasteiger charge is 2.07. The average molecular weight is 388 g/mol. The molecule has 5 heteroatoms. The number of rotatable bonds is 6. The summed E-state index contributed by atoms with van der Waals surface area (Å²) >= 11 is 6.95. The topological polar surface area (TPSA) is 38.1 Å². The molecule has 2 rings (SSSR count). The van der Waals surface area contributed by atoms with Crippen LogP contribution in [0.15, 0.2) is 37.8 Å². The Labute approximate surface area is 130 Å². The quantitative estimate of drug-likeness (QED) is 0.746. The SMILES string of the molecule is CCNCCCc1ncc(-c2cc(Br)cc(Br)c2)o1. The Hall–Kier alpha value is -0.650. The Morgan fingerprint density at radius 1 is 1.21 bits per heavy atom. The molecule has 1 N–H and O–H groups in total. The Kier molecular flexibility index (Phi) is 5.60. The molecule has 3 nitrogen and oxygen atoms in total. The molecule has 0 amide bonds. The molecule has 1 heterocycles. The Morgan fingerprint density at radius 2 is 1.95 bits per heavy atom. The largest absolute Gasteiger partial charge is 0.441 e. The number of halogens is 2. The molecule has 2 aromatic rings. The van der Waals surface area contributed by atoms with Gasteiger partial charge in [0, 0.05) is 20.9 Å². The van der Waals surface area contributed by atoms with Crippen LogP contribution in [-0.4, -0.2) is 18.1 Å². The van der Waals surface area contributed by atoms with Gasteiger partial charge in [0.2, 0.25) is 0 Å². The van der Waals surface area contributed by atoms with Crippen molar-refractivity contribution in [3.63, 3.8) is 0 Å². The minimum Gasteiger partial charge on any atom is -0.441 e. The molecular weight excluding hydrogens is 372 g/mol. The summed E-state index contributed by atoms with van der Waals surface area (Å²) in [6.45, 7) is 4.11. The standard InChI is InChI=1S/C14H16Br2N2O/c1-2-17-5-3-4-14-18-9-13(19-14)10-6-11(15)8-12(16)7-10/h6-9,17H,2-5H2,1H3. The molecule has 102 valence electrons. The van der Waals surface area contributed by atoms with E-state index in [4.69, 9.17) is 4.42 Å². The molecule has 0 aliphatic carbocycles. The lowest BCUT2D eigenvalue weighted by molar-refractivity contribution is 0.493. The predicted molar refractivity (Wildman–Crippen MR) is 84.2 cm³/mol. The monoisotopic (exact) mass is 386 g/mol. The van der Waals surface area contributed by atoms with Crippen molar-refractivity contribution < 1.29 is 4.42 Å². The highest BCUT2D eigenvalue weighted by atomic mass is 79.9. The van der Waals surface area contributed by atoms with Crippen LogP contribution in [0.4, 0.5) is 0 Å². The van der Waals surface area contributed by atoms with Crippen LogP contribution < -0.4 is 5.32 Å². The zero-order chi connectivity index (χ0) is 13.7. The normalized spacial score (nSPS) is 10.9. The Bertz CT molecular complexity index is 520. The molecule has 0 aliphatic rings. The van der Waals surface area contributed by atoms with E-state index in [-0.39, 0.29) is 0 Å². The van der Waals surface area contributed by atoms with Gasteiger partial charge in [-0.15, -0.1) is 0 Å². The minimum absolute atomic E-state index is 0.795. The molecule has 19 heavy (non-hydrogen) atoms. The first-order valence-corrected chi connectivity index (χ1v) is 7.89. The molecule has 0 saturated carbocycles. The van der Waals surface area contributed by atoms with E-state index in [1.165, 1.54) is 0 Å². The second-order valence-corrected chi connectivity index (χ2v) is 6.06. The number of hydrogen-bond acceptors (Lipinski definition) is 3.